The number of hydrogen-bond donors (Lipinski definition) is 1. The maximum atomic E-state index is 6.66. The highest BCUT2D eigenvalue weighted by atomic mass is 35.5. The molecular formula is C28H30ClN5. The minimum absolute atomic E-state index is 0.686. The number of allylic oxidation sites excluding steroid dienone is 1. The van der Waals surface area contributed by atoms with E-state index in [-0.39, 0.29) is 0 Å². The molecule has 5 rings (SSSR count). The summed E-state index contributed by atoms with van der Waals surface area (Å²) < 4.78 is 0. The lowest BCUT2D eigenvalue weighted by molar-refractivity contribution is 0.209. The first-order chi connectivity index (χ1) is 16.5. The predicted molar refractivity (Wildman–Crippen MR) is 143 cm³/mol. The molecule has 1 N–H and O–H groups in total. The van der Waals surface area contributed by atoms with E-state index >= 15 is 0 Å². The van der Waals surface area contributed by atoms with Crippen LogP contribution >= 0.6 is 11.6 Å². The van der Waals surface area contributed by atoms with Crippen LogP contribution in [0.15, 0.2) is 67.6 Å². The van der Waals surface area contributed by atoms with Gasteiger partial charge in [-0.2, -0.15) is 0 Å². The number of H-pyrrole nitrogens is 1. The average Bonchev–Trinajstić information content (AvgIpc) is 3.34. The van der Waals surface area contributed by atoms with E-state index in [9.17, 15) is 0 Å². The van der Waals surface area contributed by atoms with Gasteiger partial charge in [-0.3, -0.25) is 0 Å². The first kappa shape index (κ1) is 22.5. The quantitative estimate of drug-likeness (QED) is 0.325. The van der Waals surface area contributed by atoms with Gasteiger partial charge in [-0.25, -0.2) is 9.97 Å². The van der Waals surface area contributed by atoms with E-state index in [1.165, 1.54) is 18.5 Å². The van der Waals surface area contributed by atoms with Crippen LogP contribution in [0.2, 0.25) is 5.02 Å². The SMILES string of the molecule is C=C(CCCC)N1CCN(C(=C)c2ccc3c(Cl)cc(-c4cnc5[nH]ccc5c4)nc3c2)CC1. The highest BCUT2D eigenvalue weighted by Crippen LogP contribution is 2.31. The maximum Gasteiger partial charge on any atom is 0.137 e. The van der Waals surface area contributed by atoms with Gasteiger partial charge < -0.3 is 14.8 Å². The summed E-state index contributed by atoms with van der Waals surface area (Å²) in [5.41, 5.74) is 6.85. The number of aromatic amines is 1. The number of nitrogens with one attached hydrogen (secondary N) is 1. The number of hydrogen-bond acceptors (Lipinski definition) is 4. The van der Waals surface area contributed by atoms with E-state index in [4.69, 9.17) is 16.6 Å². The van der Waals surface area contributed by atoms with Crippen LogP contribution < -0.4 is 0 Å². The van der Waals surface area contributed by atoms with Gasteiger partial charge in [0.05, 0.1) is 16.2 Å². The number of benzene rings is 1. The van der Waals surface area contributed by atoms with Crippen LogP contribution in [-0.4, -0.2) is 50.9 Å². The van der Waals surface area contributed by atoms with Gasteiger partial charge >= 0.3 is 0 Å². The Bertz CT molecular complexity index is 1360. The molecule has 5 nitrogen and oxygen atoms in total. The molecule has 0 atom stereocenters. The molecule has 1 aliphatic heterocycles. The van der Waals surface area contributed by atoms with E-state index in [2.05, 4.69) is 58.0 Å². The minimum atomic E-state index is 0.686. The Morgan fingerprint density at radius 3 is 2.65 bits per heavy atom. The number of halogens is 1. The van der Waals surface area contributed by atoms with Crippen molar-refractivity contribution >= 4 is 39.2 Å². The Kier molecular flexibility index (Phi) is 6.29. The number of unbranched alkanes of at least 4 members (excludes halogenated alkanes) is 1. The van der Waals surface area contributed by atoms with E-state index in [1.807, 2.05) is 30.6 Å². The van der Waals surface area contributed by atoms with Crippen molar-refractivity contribution in [1.29, 1.82) is 0 Å². The molecule has 1 aliphatic rings. The van der Waals surface area contributed by atoms with Crippen molar-refractivity contribution in [2.45, 2.75) is 26.2 Å². The molecule has 6 heteroatoms. The summed E-state index contributed by atoms with van der Waals surface area (Å²) in [5.74, 6) is 0. The molecule has 1 aromatic carbocycles. The largest absolute Gasteiger partial charge is 0.372 e. The van der Waals surface area contributed by atoms with Gasteiger partial charge in [0.25, 0.3) is 0 Å². The van der Waals surface area contributed by atoms with Gasteiger partial charge in [-0.15, -0.1) is 0 Å². The number of piperazine rings is 1. The van der Waals surface area contributed by atoms with Crippen LogP contribution in [0.5, 0.6) is 0 Å². The lowest BCUT2D eigenvalue weighted by atomic mass is 10.1. The van der Waals surface area contributed by atoms with Crippen molar-refractivity contribution in [1.82, 2.24) is 24.8 Å². The Hall–Kier alpha value is -3.31. The first-order valence-electron chi connectivity index (χ1n) is 11.9. The van der Waals surface area contributed by atoms with Gasteiger partial charge in [0.15, 0.2) is 0 Å². The zero-order chi connectivity index (χ0) is 23.7. The number of rotatable bonds is 7. The zero-order valence-corrected chi connectivity index (χ0v) is 20.4. The summed E-state index contributed by atoms with van der Waals surface area (Å²) in [6.45, 7) is 14.8. The molecule has 3 aromatic heterocycles. The molecule has 1 fully saturated rings. The van der Waals surface area contributed by atoms with Gasteiger partial charge in [0.1, 0.15) is 5.65 Å². The number of pyridine rings is 2. The van der Waals surface area contributed by atoms with E-state index in [0.717, 1.165) is 77.1 Å². The second-order valence-corrected chi connectivity index (χ2v) is 9.36. The third-order valence-electron chi connectivity index (χ3n) is 6.72. The van der Waals surface area contributed by atoms with Crippen molar-refractivity contribution in [3.8, 4) is 11.3 Å². The molecule has 1 saturated heterocycles. The van der Waals surface area contributed by atoms with Crippen LogP contribution in [0, 0.1) is 0 Å². The summed E-state index contributed by atoms with van der Waals surface area (Å²) in [5, 5.41) is 2.68. The Balaban J connectivity index is 1.37. The second-order valence-electron chi connectivity index (χ2n) is 8.95. The summed E-state index contributed by atoms with van der Waals surface area (Å²) in [6.07, 6.45) is 7.22. The Morgan fingerprint density at radius 1 is 1.06 bits per heavy atom. The molecule has 0 bridgehead atoms. The van der Waals surface area contributed by atoms with E-state index in [0.29, 0.717) is 5.02 Å². The zero-order valence-electron chi connectivity index (χ0n) is 19.6. The topological polar surface area (TPSA) is 48.0 Å². The normalized spacial score (nSPS) is 14.2. The predicted octanol–water partition coefficient (Wildman–Crippen LogP) is 6.72. The molecule has 0 aliphatic carbocycles. The summed E-state index contributed by atoms with van der Waals surface area (Å²) >= 11 is 6.66. The number of fused-ring (bicyclic) bond motifs is 2. The van der Waals surface area contributed by atoms with Crippen LogP contribution in [0.25, 0.3) is 38.9 Å². The van der Waals surface area contributed by atoms with Crippen molar-refractivity contribution in [2.24, 2.45) is 0 Å². The van der Waals surface area contributed by atoms with Crippen LogP contribution in [0.1, 0.15) is 31.7 Å². The highest BCUT2D eigenvalue weighted by Gasteiger charge is 2.20. The van der Waals surface area contributed by atoms with Crippen LogP contribution in [0.3, 0.4) is 0 Å². The van der Waals surface area contributed by atoms with Crippen molar-refractivity contribution in [2.75, 3.05) is 26.2 Å². The third kappa shape index (κ3) is 4.40. The molecule has 174 valence electrons. The highest BCUT2D eigenvalue weighted by molar-refractivity contribution is 6.35. The Labute approximate surface area is 205 Å². The van der Waals surface area contributed by atoms with Crippen LogP contribution in [0.4, 0.5) is 0 Å². The van der Waals surface area contributed by atoms with Crippen molar-refractivity contribution in [3.05, 3.63) is 78.2 Å². The standard InChI is InChI=1S/C28H30ClN5/c1-4-5-6-19(2)33-11-13-34(14-12-33)20(3)21-7-8-24-25(29)17-26(32-27(24)16-21)23-15-22-9-10-30-28(22)31-18-23/h7-10,15-18H,2-6,11-14H2,1H3,(H,30,31). The molecule has 0 amide bonds. The molecule has 0 unspecified atom stereocenters. The maximum absolute atomic E-state index is 6.66. The first-order valence-corrected chi connectivity index (χ1v) is 12.3. The fourth-order valence-corrected chi connectivity index (χ4v) is 4.87. The van der Waals surface area contributed by atoms with Crippen LogP contribution in [-0.2, 0) is 0 Å². The molecule has 0 radical (unpaired) electrons. The summed E-state index contributed by atoms with van der Waals surface area (Å²) in [6, 6.07) is 12.2. The number of nitrogens with zero attached hydrogens (tertiary/aromatic N) is 4. The molecule has 34 heavy (non-hydrogen) atoms. The molecule has 4 aromatic rings. The lowest BCUT2D eigenvalue weighted by Gasteiger charge is -2.39. The van der Waals surface area contributed by atoms with Gasteiger partial charge in [0.2, 0.25) is 0 Å². The second kappa shape index (κ2) is 9.51. The molecule has 0 saturated carbocycles. The van der Waals surface area contributed by atoms with Gasteiger partial charge in [0, 0.05) is 66.3 Å². The van der Waals surface area contributed by atoms with Gasteiger partial charge in [-0.05, 0) is 42.7 Å². The fourth-order valence-electron chi connectivity index (χ4n) is 4.61. The third-order valence-corrected chi connectivity index (χ3v) is 7.03. The average molecular weight is 472 g/mol. The van der Waals surface area contributed by atoms with Gasteiger partial charge in [-0.1, -0.05) is 50.2 Å². The minimum Gasteiger partial charge on any atom is -0.372 e. The van der Waals surface area contributed by atoms with E-state index < -0.39 is 0 Å². The molecular weight excluding hydrogens is 442 g/mol. The fraction of sp³-hybridized carbons (Fsp3) is 0.286. The Morgan fingerprint density at radius 2 is 1.85 bits per heavy atom. The summed E-state index contributed by atoms with van der Waals surface area (Å²) in [4.78, 5) is 17.3. The summed E-state index contributed by atoms with van der Waals surface area (Å²) in [7, 11) is 0. The van der Waals surface area contributed by atoms with Crippen molar-refractivity contribution < 1.29 is 0 Å². The smallest absolute Gasteiger partial charge is 0.137 e. The lowest BCUT2D eigenvalue weighted by Crippen LogP contribution is -2.44. The number of aromatic nitrogens is 3. The monoisotopic (exact) mass is 471 g/mol. The molecule has 4 heterocycles. The molecule has 0 spiro atoms. The van der Waals surface area contributed by atoms with E-state index in [1.54, 1.807) is 0 Å². The van der Waals surface area contributed by atoms with Crippen molar-refractivity contribution in [3.63, 3.8) is 0 Å².